The average Bonchev–Trinajstić information content (AvgIpc) is 3.29. The molecule has 1 aromatic carbocycles. The van der Waals surface area contributed by atoms with E-state index < -0.39 is 0 Å². The maximum Gasteiger partial charge on any atom is 0.270 e. The molecule has 0 unspecified atom stereocenters. The highest BCUT2D eigenvalue weighted by molar-refractivity contribution is 5.95. The molecule has 6 nitrogen and oxygen atoms in total. The van der Waals surface area contributed by atoms with Gasteiger partial charge in [0, 0.05) is 24.0 Å². The van der Waals surface area contributed by atoms with Gasteiger partial charge in [-0.1, -0.05) is 0 Å². The van der Waals surface area contributed by atoms with Crippen LogP contribution in [0.1, 0.15) is 29.0 Å². The Bertz CT molecular complexity index is 911. The Kier molecular flexibility index (Phi) is 3.37. The van der Waals surface area contributed by atoms with Crippen LogP contribution in [0.3, 0.4) is 0 Å². The van der Waals surface area contributed by atoms with Crippen LogP contribution in [-0.2, 0) is 0 Å². The fourth-order valence-electron chi connectivity index (χ4n) is 2.63. The number of aromatic nitrogens is 2. The number of aryl methyl sites for hydroxylation is 1. The van der Waals surface area contributed by atoms with Crippen molar-refractivity contribution in [1.82, 2.24) is 14.7 Å². The van der Waals surface area contributed by atoms with Crippen LogP contribution < -0.4 is 15.8 Å². The number of ether oxygens (including phenoxy) is 1. The highest BCUT2D eigenvalue weighted by Gasteiger charge is 2.26. The number of nitrogen functional groups attached to an aromatic ring is 1. The van der Waals surface area contributed by atoms with Crippen LogP contribution in [0.4, 0.5) is 5.69 Å². The van der Waals surface area contributed by atoms with Gasteiger partial charge >= 0.3 is 0 Å². The molecule has 0 spiro atoms. The zero-order chi connectivity index (χ0) is 16.7. The van der Waals surface area contributed by atoms with E-state index in [1.807, 2.05) is 37.4 Å². The average molecular weight is 322 g/mol. The van der Waals surface area contributed by atoms with Crippen molar-refractivity contribution in [2.24, 2.45) is 0 Å². The summed E-state index contributed by atoms with van der Waals surface area (Å²) in [6.45, 7) is 1.84. The molecule has 0 aliphatic heterocycles. The molecule has 24 heavy (non-hydrogen) atoms. The Morgan fingerprint density at radius 2 is 2.00 bits per heavy atom. The first-order chi connectivity index (χ1) is 11.6. The fraction of sp³-hybridized carbons (Fsp3) is 0.222. The summed E-state index contributed by atoms with van der Waals surface area (Å²) in [6, 6.07) is 11.1. The molecule has 1 saturated carbocycles. The topological polar surface area (TPSA) is 81.7 Å². The minimum Gasteiger partial charge on any atom is -0.457 e. The third-order valence-electron chi connectivity index (χ3n) is 4.02. The van der Waals surface area contributed by atoms with Crippen LogP contribution in [0.2, 0.25) is 0 Å². The first kappa shape index (κ1) is 14.6. The number of carbonyl (C=O) groups excluding carboxylic acids is 1. The molecule has 0 saturated heterocycles. The highest BCUT2D eigenvalue weighted by atomic mass is 16.5. The van der Waals surface area contributed by atoms with Crippen molar-refractivity contribution in [1.29, 1.82) is 0 Å². The smallest absolute Gasteiger partial charge is 0.270 e. The molecule has 6 heteroatoms. The number of pyridine rings is 1. The molecule has 0 bridgehead atoms. The summed E-state index contributed by atoms with van der Waals surface area (Å²) in [5, 5.41) is 3.01. The van der Waals surface area contributed by atoms with Crippen LogP contribution in [0.15, 0.2) is 42.6 Å². The van der Waals surface area contributed by atoms with Gasteiger partial charge in [-0.15, -0.1) is 0 Å². The Labute approximate surface area is 139 Å². The summed E-state index contributed by atoms with van der Waals surface area (Å²) in [4.78, 5) is 16.9. The maximum absolute atomic E-state index is 12.4. The predicted molar refractivity (Wildman–Crippen MR) is 91.3 cm³/mol. The number of nitrogens with one attached hydrogen (secondary N) is 1. The lowest BCUT2D eigenvalue weighted by molar-refractivity contribution is 0.0944. The largest absolute Gasteiger partial charge is 0.457 e. The Morgan fingerprint density at radius 3 is 2.71 bits per heavy atom. The van der Waals surface area contributed by atoms with Gasteiger partial charge < -0.3 is 15.8 Å². The van der Waals surface area contributed by atoms with Crippen LogP contribution in [-0.4, -0.2) is 21.3 Å². The van der Waals surface area contributed by atoms with E-state index in [1.165, 1.54) is 0 Å². The monoisotopic (exact) mass is 322 g/mol. The van der Waals surface area contributed by atoms with Gasteiger partial charge in [0.1, 0.15) is 22.8 Å². The fourth-order valence-corrected chi connectivity index (χ4v) is 2.63. The number of benzene rings is 1. The van der Waals surface area contributed by atoms with Crippen molar-refractivity contribution in [2.45, 2.75) is 25.8 Å². The molecule has 0 radical (unpaired) electrons. The molecule has 122 valence electrons. The summed E-state index contributed by atoms with van der Waals surface area (Å²) in [5.41, 5.74) is 8.33. The zero-order valence-electron chi connectivity index (χ0n) is 13.3. The van der Waals surface area contributed by atoms with Crippen molar-refractivity contribution >= 4 is 17.2 Å². The van der Waals surface area contributed by atoms with Crippen molar-refractivity contribution in [2.75, 3.05) is 5.73 Å². The summed E-state index contributed by atoms with van der Waals surface area (Å²) in [5.74, 6) is 1.28. The number of amides is 1. The van der Waals surface area contributed by atoms with Gasteiger partial charge in [0.25, 0.3) is 5.91 Å². The normalized spacial score (nSPS) is 13.9. The minimum atomic E-state index is -0.0743. The molecule has 2 aromatic heterocycles. The summed E-state index contributed by atoms with van der Waals surface area (Å²) < 4.78 is 7.61. The lowest BCUT2D eigenvalue weighted by Crippen LogP contribution is -2.27. The van der Waals surface area contributed by atoms with Gasteiger partial charge in [0.2, 0.25) is 0 Å². The zero-order valence-corrected chi connectivity index (χ0v) is 13.3. The third-order valence-corrected chi connectivity index (χ3v) is 4.02. The van der Waals surface area contributed by atoms with E-state index in [0.717, 1.165) is 12.8 Å². The molecule has 1 aliphatic carbocycles. The van der Waals surface area contributed by atoms with E-state index in [1.54, 1.807) is 16.5 Å². The SMILES string of the molecule is Cc1nc2cc(Oc3ccc(N)cc3)ccn2c1C(=O)NC1CC1. The number of hydrogen-bond donors (Lipinski definition) is 2. The number of hydrogen-bond acceptors (Lipinski definition) is 4. The molecule has 3 aromatic rings. The molecule has 0 atom stereocenters. The number of imidazole rings is 1. The lowest BCUT2D eigenvalue weighted by atomic mass is 10.3. The van der Waals surface area contributed by atoms with Crippen LogP contribution >= 0.6 is 0 Å². The standard InChI is InChI=1S/C18H18N4O2/c1-11-17(18(23)21-13-4-5-13)22-9-8-15(10-16(22)20-11)24-14-6-2-12(19)3-7-14/h2-3,6-10,13H,4-5,19H2,1H3,(H,21,23). The molecular weight excluding hydrogens is 304 g/mol. The molecule has 2 heterocycles. The first-order valence-electron chi connectivity index (χ1n) is 7.93. The van der Waals surface area contributed by atoms with Gasteiger partial charge in [-0.3, -0.25) is 9.20 Å². The Hall–Kier alpha value is -3.02. The molecule has 1 fully saturated rings. The van der Waals surface area contributed by atoms with Gasteiger partial charge in [0.15, 0.2) is 0 Å². The van der Waals surface area contributed by atoms with Gasteiger partial charge in [-0.25, -0.2) is 4.98 Å². The van der Waals surface area contributed by atoms with E-state index in [9.17, 15) is 4.79 Å². The number of nitrogens with zero attached hydrogens (tertiary/aromatic N) is 2. The Balaban J connectivity index is 1.63. The van der Waals surface area contributed by atoms with Crippen LogP contribution in [0.25, 0.3) is 5.65 Å². The van der Waals surface area contributed by atoms with Crippen molar-refractivity contribution in [3.8, 4) is 11.5 Å². The van der Waals surface area contributed by atoms with Gasteiger partial charge in [-0.05, 0) is 50.1 Å². The molecule has 1 aliphatic rings. The summed E-state index contributed by atoms with van der Waals surface area (Å²) >= 11 is 0. The molecular formula is C18H18N4O2. The van der Waals surface area contributed by atoms with Crippen LogP contribution in [0.5, 0.6) is 11.5 Å². The van der Waals surface area contributed by atoms with E-state index in [-0.39, 0.29) is 5.91 Å². The van der Waals surface area contributed by atoms with Crippen molar-refractivity contribution in [3.63, 3.8) is 0 Å². The molecule has 4 rings (SSSR count). The Morgan fingerprint density at radius 1 is 1.25 bits per heavy atom. The number of fused-ring (bicyclic) bond motifs is 1. The highest BCUT2D eigenvalue weighted by Crippen LogP contribution is 2.25. The van der Waals surface area contributed by atoms with Gasteiger partial charge in [-0.2, -0.15) is 0 Å². The first-order valence-corrected chi connectivity index (χ1v) is 7.93. The third kappa shape index (κ3) is 2.78. The number of rotatable bonds is 4. The minimum absolute atomic E-state index is 0.0743. The van der Waals surface area contributed by atoms with Crippen LogP contribution in [0, 0.1) is 6.92 Å². The number of nitrogens with two attached hydrogens (primary N) is 1. The molecule has 1 amide bonds. The number of anilines is 1. The second kappa shape index (κ2) is 5.56. The van der Waals surface area contributed by atoms with E-state index in [4.69, 9.17) is 10.5 Å². The second-order valence-corrected chi connectivity index (χ2v) is 6.06. The van der Waals surface area contributed by atoms with E-state index >= 15 is 0 Å². The summed E-state index contributed by atoms with van der Waals surface area (Å²) in [7, 11) is 0. The quantitative estimate of drug-likeness (QED) is 0.724. The maximum atomic E-state index is 12.4. The molecule has 3 N–H and O–H groups in total. The lowest BCUT2D eigenvalue weighted by Gasteiger charge is -2.07. The van der Waals surface area contributed by atoms with E-state index in [0.29, 0.717) is 40.3 Å². The summed E-state index contributed by atoms with van der Waals surface area (Å²) in [6.07, 6.45) is 3.92. The number of carbonyl (C=O) groups is 1. The second-order valence-electron chi connectivity index (χ2n) is 6.06. The van der Waals surface area contributed by atoms with Gasteiger partial charge in [0.05, 0.1) is 5.69 Å². The van der Waals surface area contributed by atoms with Crippen molar-refractivity contribution < 1.29 is 9.53 Å². The van der Waals surface area contributed by atoms with E-state index in [2.05, 4.69) is 10.3 Å². The predicted octanol–water partition coefficient (Wildman–Crippen LogP) is 2.91. The van der Waals surface area contributed by atoms with Crippen molar-refractivity contribution in [3.05, 3.63) is 54.0 Å².